The summed E-state index contributed by atoms with van der Waals surface area (Å²) in [6, 6.07) is 9.72. The first-order valence-electron chi connectivity index (χ1n) is 7.66. The molecule has 0 aliphatic carbocycles. The molecule has 0 aliphatic rings. The van der Waals surface area contributed by atoms with Crippen LogP contribution in [0.3, 0.4) is 0 Å². The first kappa shape index (κ1) is 18.9. The Morgan fingerprint density at radius 1 is 1.18 bits per heavy atom. The zero-order chi connectivity index (χ0) is 16.2. The van der Waals surface area contributed by atoms with Crippen LogP contribution in [0.15, 0.2) is 30.3 Å². The molecule has 1 rings (SSSR count). The average molecular weight is 371 g/mol. The monoisotopic (exact) mass is 372 g/mol. The van der Waals surface area contributed by atoms with Crippen molar-refractivity contribution in [1.29, 1.82) is 0 Å². The Morgan fingerprint density at radius 2 is 1.91 bits per heavy atom. The summed E-state index contributed by atoms with van der Waals surface area (Å²) in [6.45, 7) is 4.04. The normalized spacial score (nSPS) is 11.9. The van der Waals surface area contributed by atoms with Gasteiger partial charge in [-0.05, 0) is 0 Å². The summed E-state index contributed by atoms with van der Waals surface area (Å²) in [4.78, 5) is 23.1. The number of benzene rings is 1. The molecule has 0 radical (unpaired) electrons. The molecule has 0 saturated heterocycles. The third-order valence-corrected chi connectivity index (χ3v) is 4.88. The average Bonchev–Trinajstić information content (AvgIpc) is 2.49. The van der Waals surface area contributed by atoms with Gasteiger partial charge in [-0.15, -0.1) is 0 Å². The fraction of sp³-hybridized carbons (Fsp3) is 0.529. The molecule has 0 aromatic heterocycles. The molecule has 0 bridgehead atoms. The van der Waals surface area contributed by atoms with E-state index in [1.54, 1.807) is 0 Å². The molecule has 4 nitrogen and oxygen atoms in total. The quantitative estimate of drug-likeness (QED) is 0.259. The molecule has 122 valence electrons. The Kier molecular flexibility index (Phi) is 9.80. The second-order valence-electron chi connectivity index (χ2n) is 4.94. The summed E-state index contributed by atoms with van der Waals surface area (Å²) < 4.78 is 11.9. The molecule has 0 amide bonds. The van der Waals surface area contributed by atoms with Gasteiger partial charge in [0, 0.05) is 0 Å². The molecule has 0 aliphatic heterocycles. The number of unbranched alkanes of at least 4 members (excludes halogenated alkanes) is 2. The van der Waals surface area contributed by atoms with Gasteiger partial charge in [0.25, 0.3) is 0 Å². The Hall–Kier alpha value is -1.16. The number of carbonyl (C=O) groups is 2. The summed E-state index contributed by atoms with van der Waals surface area (Å²) in [5.74, 6) is -0.374. The molecular formula is C17H24O4Se. The third kappa shape index (κ3) is 8.98. The number of hydrogen-bond donors (Lipinski definition) is 0. The van der Waals surface area contributed by atoms with E-state index in [9.17, 15) is 9.59 Å². The van der Waals surface area contributed by atoms with Gasteiger partial charge < -0.3 is 0 Å². The van der Waals surface area contributed by atoms with Crippen LogP contribution in [0.4, 0.5) is 0 Å². The van der Waals surface area contributed by atoms with Crippen LogP contribution in [-0.2, 0) is 19.1 Å². The van der Waals surface area contributed by atoms with Crippen molar-refractivity contribution in [3.8, 4) is 0 Å². The maximum absolute atomic E-state index is 12.0. The van der Waals surface area contributed by atoms with E-state index in [0.29, 0.717) is 19.4 Å². The Bertz CT molecular complexity index is 447. The van der Waals surface area contributed by atoms with Crippen LogP contribution in [0.1, 0.15) is 46.0 Å². The molecular weight excluding hydrogens is 347 g/mol. The van der Waals surface area contributed by atoms with Crippen molar-refractivity contribution in [2.45, 2.75) is 52.2 Å². The van der Waals surface area contributed by atoms with Gasteiger partial charge in [-0.3, -0.25) is 0 Å². The molecule has 1 aromatic carbocycles. The summed E-state index contributed by atoms with van der Waals surface area (Å²) >= 11 is -0.190. The van der Waals surface area contributed by atoms with Crippen molar-refractivity contribution in [2.24, 2.45) is 0 Å². The van der Waals surface area contributed by atoms with Gasteiger partial charge in [-0.2, -0.15) is 0 Å². The standard InChI is InChI=1S/C17H24O4Se/c1-3-4-8-13-20-17(21-14(2)18)12-11-16(19)22-15-9-6-5-7-10-15/h5-7,9-10,17H,3-4,8,11-13H2,1-2H3. The maximum atomic E-state index is 12.0. The summed E-state index contributed by atoms with van der Waals surface area (Å²) in [6.07, 6.45) is 3.34. The number of esters is 1. The van der Waals surface area contributed by atoms with E-state index in [4.69, 9.17) is 9.47 Å². The second-order valence-corrected chi connectivity index (χ2v) is 7.32. The van der Waals surface area contributed by atoms with E-state index in [1.165, 1.54) is 6.92 Å². The Morgan fingerprint density at radius 3 is 2.55 bits per heavy atom. The van der Waals surface area contributed by atoms with Gasteiger partial charge in [0.1, 0.15) is 0 Å². The van der Waals surface area contributed by atoms with Crippen molar-refractivity contribution in [3.63, 3.8) is 0 Å². The van der Waals surface area contributed by atoms with E-state index in [2.05, 4.69) is 6.92 Å². The number of rotatable bonds is 11. The van der Waals surface area contributed by atoms with E-state index in [1.807, 2.05) is 30.3 Å². The fourth-order valence-corrected chi connectivity index (χ4v) is 3.46. The van der Waals surface area contributed by atoms with E-state index in [0.717, 1.165) is 23.7 Å². The number of carbonyl (C=O) groups excluding carboxylic acids is 2. The molecule has 0 spiro atoms. The van der Waals surface area contributed by atoms with Gasteiger partial charge in [-0.1, -0.05) is 0 Å². The SMILES string of the molecule is CCCCCOC(CCC(=O)[Se]c1ccccc1)OC(C)=O. The topological polar surface area (TPSA) is 52.6 Å². The van der Waals surface area contributed by atoms with Crippen molar-refractivity contribution < 1.29 is 19.1 Å². The van der Waals surface area contributed by atoms with E-state index >= 15 is 0 Å². The molecule has 0 saturated carbocycles. The van der Waals surface area contributed by atoms with Crippen LogP contribution >= 0.6 is 0 Å². The minimum absolute atomic E-state index is 0.188. The summed E-state index contributed by atoms with van der Waals surface area (Å²) in [7, 11) is 0. The van der Waals surface area contributed by atoms with E-state index < -0.39 is 6.29 Å². The van der Waals surface area contributed by atoms with Gasteiger partial charge >= 0.3 is 138 Å². The first-order valence-corrected chi connectivity index (χ1v) is 9.37. The van der Waals surface area contributed by atoms with Crippen molar-refractivity contribution in [1.82, 2.24) is 0 Å². The van der Waals surface area contributed by atoms with Crippen molar-refractivity contribution in [3.05, 3.63) is 30.3 Å². The van der Waals surface area contributed by atoms with Gasteiger partial charge in [-0.25, -0.2) is 0 Å². The van der Waals surface area contributed by atoms with Crippen molar-refractivity contribution >= 4 is 30.1 Å². The summed E-state index contributed by atoms with van der Waals surface area (Å²) in [5.41, 5.74) is 0. The second kappa shape index (κ2) is 11.4. The molecule has 0 fully saturated rings. The molecule has 1 aromatic rings. The first-order chi connectivity index (χ1) is 10.6. The van der Waals surface area contributed by atoms with E-state index in [-0.39, 0.29) is 25.6 Å². The van der Waals surface area contributed by atoms with Crippen LogP contribution in [0.25, 0.3) is 0 Å². The summed E-state index contributed by atoms with van der Waals surface area (Å²) in [5, 5.41) is 0. The molecule has 5 heteroatoms. The third-order valence-electron chi connectivity index (χ3n) is 2.91. The van der Waals surface area contributed by atoms with Crippen LogP contribution in [0.5, 0.6) is 0 Å². The Labute approximate surface area is 138 Å². The fourth-order valence-electron chi connectivity index (χ4n) is 1.83. The Balaban J connectivity index is 2.34. The number of hydrogen-bond acceptors (Lipinski definition) is 4. The molecule has 1 atom stereocenters. The van der Waals surface area contributed by atoms with Crippen LogP contribution in [-0.4, -0.2) is 38.5 Å². The van der Waals surface area contributed by atoms with Crippen LogP contribution in [0, 0.1) is 0 Å². The van der Waals surface area contributed by atoms with Crippen molar-refractivity contribution in [2.75, 3.05) is 6.61 Å². The van der Waals surface area contributed by atoms with Gasteiger partial charge in [0.15, 0.2) is 0 Å². The molecule has 0 heterocycles. The minimum atomic E-state index is -0.607. The zero-order valence-electron chi connectivity index (χ0n) is 13.2. The predicted octanol–water partition coefficient (Wildman–Crippen LogP) is 2.42. The van der Waals surface area contributed by atoms with Crippen LogP contribution < -0.4 is 4.46 Å². The number of ether oxygens (including phenoxy) is 2. The van der Waals surface area contributed by atoms with Gasteiger partial charge in [0.05, 0.1) is 0 Å². The molecule has 0 N–H and O–H groups in total. The molecule has 22 heavy (non-hydrogen) atoms. The molecule has 1 unspecified atom stereocenters. The van der Waals surface area contributed by atoms with Crippen LogP contribution in [0.2, 0.25) is 0 Å². The zero-order valence-corrected chi connectivity index (χ0v) is 15.0. The predicted molar refractivity (Wildman–Crippen MR) is 87.1 cm³/mol. The van der Waals surface area contributed by atoms with Gasteiger partial charge in [0.2, 0.25) is 0 Å².